The Kier molecular flexibility index (Phi) is 5.76. The highest BCUT2D eigenvalue weighted by molar-refractivity contribution is 5.66. The summed E-state index contributed by atoms with van der Waals surface area (Å²) in [6.45, 7) is 3.00. The van der Waals surface area contributed by atoms with E-state index in [2.05, 4.69) is 69.4 Å². The molecule has 3 N–H and O–H groups in total. The molecule has 1 saturated carbocycles. The number of hydrogen-bond donors (Lipinski definition) is 3. The third kappa shape index (κ3) is 3.97. The van der Waals surface area contributed by atoms with Crippen LogP contribution < -0.4 is 21.1 Å². The first-order valence-corrected chi connectivity index (χ1v) is 10.4. The summed E-state index contributed by atoms with van der Waals surface area (Å²) in [5.41, 5.74) is 7.12. The molecule has 0 bridgehead atoms. The largest absolute Gasteiger partial charge is 0.384 e. The van der Waals surface area contributed by atoms with Crippen LogP contribution in [0.3, 0.4) is 0 Å². The molecule has 0 radical (unpaired) electrons. The van der Waals surface area contributed by atoms with Crippen molar-refractivity contribution in [1.82, 2.24) is 15.4 Å². The second-order valence-electron chi connectivity index (χ2n) is 7.51. The van der Waals surface area contributed by atoms with E-state index in [1.807, 2.05) is 13.2 Å². The van der Waals surface area contributed by atoms with Crippen molar-refractivity contribution >= 4 is 23.5 Å². The van der Waals surface area contributed by atoms with Crippen molar-refractivity contribution in [2.24, 2.45) is 0 Å². The molecule has 1 atom stereocenters. The molecule has 28 heavy (non-hydrogen) atoms. The lowest BCUT2D eigenvalue weighted by molar-refractivity contribution is 0.524. The minimum Gasteiger partial charge on any atom is -0.384 e. The van der Waals surface area contributed by atoms with Gasteiger partial charge < -0.3 is 10.6 Å². The van der Waals surface area contributed by atoms with Gasteiger partial charge in [0.1, 0.15) is 0 Å². The summed E-state index contributed by atoms with van der Waals surface area (Å²) in [7, 11) is 1.93. The zero-order chi connectivity index (χ0) is 19.3. The molecule has 4 rings (SSSR count). The highest BCUT2D eigenvalue weighted by atomic mass is 15.5. The van der Waals surface area contributed by atoms with Crippen LogP contribution in [0.25, 0.3) is 6.08 Å². The van der Waals surface area contributed by atoms with E-state index in [9.17, 15) is 0 Å². The Bertz CT molecular complexity index is 828. The maximum atomic E-state index is 4.90. The first kappa shape index (κ1) is 18.7. The van der Waals surface area contributed by atoms with Crippen molar-refractivity contribution < 1.29 is 0 Å². The Hall–Kier alpha value is -2.60. The number of fused-ring (bicyclic) bond motifs is 1. The number of benzene rings is 1. The van der Waals surface area contributed by atoms with Gasteiger partial charge in [-0.1, -0.05) is 56.2 Å². The molecule has 0 amide bonds. The highest BCUT2D eigenvalue weighted by Crippen LogP contribution is 2.31. The Morgan fingerprint density at radius 2 is 2.00 bits per heavy atom. The van der Waals surface area contributed by atoms with Gasteiger partial charge in [0, 0.05) is 19.6 Å². The smallest absolute Gasteiger partial charge is 0.225 e. The standard InChI is InChI=1S/C22H30N6/c1-3-25-28(19-10-6-7-11-19)21-20(23-2)15-24-22(27-21)26-18-13-12-16-8-4-5-9-17(16)14-18/h4-5,8-9,12-13,15,18-19,23,25H,3,6-7,10-11,14H2,1-2H3,(H,24,26,27). The van der Waals surface area contributed by atoms with Gasteiger partial charge in [0.25, 0.3) is 0 Å². The average Bonchev–Trinajstić information content (AvgIpc) is 3.26. The number of anilines is 3. The van der Waals surface area contributed by atoms with Crippen LogP contribution in [0.15, 0.2) is 36.5 Å². The van der Waals surface area contributed by atoms with Crippen LogP contribution in [-0.2, 0) is 6.42 Å². The van der Waals surface area contributed by atoms with Crippen LogP contribution in [0, 0.1) is 0 Å². The van der Waals surface area contributed by atoms with Gasteiger partial charge in [-0.3, -0.25) is 5.01 Å². The maximum Gasteiger partial charge on any atom is 0.225 e. The van der Waals surface area contributed by atoms with Crippen molar-refractivity contribution in [3.05, 3.63) is 47.7 Å². The van der Waals surface area contributed by atoms with E-state index in [1.165, 1.54) is 36.8 Å². The van der Waals surface area contributed by atoms with Gasteiger partial charge >= 0.3 is 0 Å². The van der Waals surface area contributed by atoms with E-state index in [0.717, 1.165) is 24.5 Å². The zero-order valence-electron chi connectivity index (χ0n) is 16.8. The second-order valence-corrected chi connectivity index (χ2v) is 7.51. The lowest BCUT2D eigenvalue weighted by Gasteiger charge is -2.31. The third-order valence-electron chi connectivity index (χ3n) is 5.60. The van der Waals surface area contributed by atoms with Crippen LogP contribution >= 0.6 is 0 Å². The normalized spacial score (nSPS) is 18.7. The summed E-state index contributed by atoms with van der Waals surface area (Å²) in [5, 5.41) is 9.01. The van der Waals surface area contributed by atoms with Gasteiger partial charge in [-0.15, -0.1) is 0 Å². The van der Waals surface area contributed by atoms with Gasteiger partial charge in [0.2, 0.25) is 5.95 Å². The summed E-state index contributed by atoms with van der Waals surface area (Å²) >= 11 is 0. The average molecular weight is 379 g/mol. The second kappa shape index (κ2) is 8.61. The fourth-order valence-corrected chi connectivity index (χ4v) is 4.18. The minimum atomic E-state index is 0.197. The summed E-state index contributed by atoms with van der Waals surface area (Å²) in [5.74, 6) is 1.60. The molecule has 0 saturated heterocycles. The molecule has 2 aromatic rings. The number of nitrogens with zero attached hydrogens (tertiary/aromatic N) is 3. The fraction of sp³-hybridized carbons (Fsp3) is 0.455. The van der Waals surface area contributed by atoms with Crippen LogP contribution in [-0.4, -0.2) is 35.6 Å². The molecule has 1 heterocycles. The molecule has 2 aliphatic rings. The van der Waals surface area contributed by atoms with E-state index < -0.39 is 0 Å². The van der Waals surface area contributed by atoms with Crippen molar-refractivity contribution in [2.75, 3.05) is 29.2 Å². The SMILES string of the molecule is CCNN(c1nc(NC2C=Cc3ccccc3C2)ncc1NC)C1CCCC1. The highest BCUT2D eigenvalue weighted by Gasteiger charge is 2.26. The number of nitrogens with one attached hydrogen (secondary N) is 3. The Morgan fingerprint density at radius 3 is 2.79 bits per heavy atom. The van der Waals surface area contributed by atoms with Crippen molar-refractivity contribution in [3.8, 4) is 0 Å². The molecule has 6 heteroatoms. The molecule has 0 aliphatic heterocycles. The molecule has 0 spiro atoms. The van der Waals surface area contributed by atoms with Crippen LogP contribution in [0.2, 0.25) is 0 Å². The van der Waals surface area contributed by atoms with E-state index in [1.54, 1.807) is 0 Å². The Morgan fingerprint density at radius 1 is 1.18 bits per heavy atom. The van der Waals surface area contributed by atoms with Gasteiger partial charge in [-0.05, 0) is 30.4 Å². The summed E-state index contributed by atoms with van der Waals surface area (Å²) < 4.78 is 0. The quantitative estimate of drug-likeness (QED) is 0.636. The number of rotatable bonds is 7. The predicted octanol–water partition coefficient (Wildman–Crippen LogP) is 3.84. The molecule has 1 fully saturated rings. The van der Waals surface area contributed by atoms with Gasteiger partial charge in [-0.25, -0.2) is 10.4 Å². The molecule has 1 unspecified atom stereocenters. The minimum absolute atomic E-state index is 0.197. The van der Waals surface area contributed by atoms with Gasteiger partial charge in [0.15, 0.2) is 5.82 Å². The lowest BCUT2D eigenvalue weighted by Crippen LogP contribution is -2.45. The van der Waals surface area contributed by atoms with Crippen LogP contribution in [0.1, 0.15) is 43.7 Å². The molecule has 6 nitrogen and oxygen atoms in total. The predicted molar refractivity (Wildman–Crippen MR) is 117 cm³/mol. The molecule has 1 aromatic heterocycles. The summed E-state index contributed by atoms with van der Waals surface area (Å²) in [6.07, 6.45) is 12.2. The molecular weight excluding hydrogens is 348 g/mol. The van der Waals surface area contributed by atoms with Crippen molar-refractivity contribution in [1.29, 1.82) is 0 Å². The van der Waals surface area contributed by atoms with E-state index in [0.29, 0.717) is 12.0 Å². The molecule has 148 valence electrons. The van der Waals surface area contributed by atoms with E-state index in [4.69, 9.17) is 4.98 Å². The fourth-order valence-electron chi connectivity index (χ4n) is 4.18. The topological polar surface area (TPSA) is 65.1 Å². The maximum absolute atomic E-state index is 4.90. The first-order valence-electron chi connectivity index (χ1n) is 10.4. The Labute approximate surface area is 167 Å². The van der Waals surface area contributed by atoms with E-state index >= 15 is 0 Å². The number of hydrogen-bond acceptors (Lipinski definition) is 6. The van der Waals surface area contributed by atoms with Crippen molar-refractivity contribution in [2.45, 2.75) is 51.1 Å². The Balaban J connectivity index is 1.56. The number of hydrazine groups is 1. The summed E-state index contributed by atoms with van der Waals surface area (Å²) in [6, 6.07) is 9.21. The van der Waals surface area contributed by atoms with Gasteiger partial charge in [-0.2, -0.15) is 4.98 Å². The number of aromatic nitrogens is 2. The third-order valence-corrected chi connectivity index (χ3v) is 5.60. The van der Waals surface area contributed by atoms with E-state index in [-0.39, 0.29) is 6.04 Å². The van der Waals surface area contributed by atoms with Crippen molar-refractivity contribution in [3.63, 3.8) is 0 Å². The monoisotopic (exact) mass is 378 g/mol. The summed E-state index contributed by atoms with van der Waals surface area (Å²) in [4.78, 5) is 9.46. The molecule has 2 aliphatic carbocycles. The zero-order valence-corrected chi connectivity index (χ0v) is 16.8. The van der Waals surface area contributed by atoms with Crippen LogP contribution in [0.5, 0.6) is 0 Å². The van der Waals surface area contributed by atoms with Gasteiger partial charge in [0.05, 0.1) is 17.9 Å². The molecular formula is C22H30N6. The lowest BCUT2D eigenvalue weighted by atomic mass is 9.94. The van der Waals surface area contributed by atoms with Crippen LogP contribution in [0.4, 0.5) is 17.5 Å². The molecule has 1 aromatic carbocycles. The first-order chi connectivity index (χ1) is 13.8.